The fourth-order valence-electron chi connectivity index (χ4n) is 1.85. The van der Waals surface area contributed by atoms with Crippen LogP contribution in [0.3, 0.4) is 0 Å². The van der Waals surface area contributed by atoms with Crippen LogP contribution in [0.4, 0.5) is 0 Å². The molecule has 1 aromatic rings. The lowest BCUT2D eigenvalue weighted by Crippen LogP contribution is -2.36. The van der Waals surface area contributed by atoms with Gasteiger partial charge in [0.2, 0.25) is 0 Å². The molecule has 3 heteroatoms. The largest absolute Gasteiger partial charge is 0.340 e. The molecule has 0 saturated carbocycles. The van der Waals surface area contributed by atoms with Gasteiger partial charge < -0.3 is 9.80 Å². The summed E-state index contributed by atoms with van der Waals surface area (Å²) in [4.78, 5) is 16.3. The summed E-state index contributed by atoms with van der Waals surface area (Å²) in [5.74, 6) is 0.0992. The minimum atomic E-state index is 0.0992. The monoisotopic (exact) mass is 248 g/mol. The molecule has 0 spiro atoms. The lowest BCUT2D eigenvalue weighted by Gasteiger charge is -2.23. The first-order valence-electron chi connectivity index (χ1n) is 6.63. The van der Waals surface area contributed by atoms with Gasteiger partial charge in [-0.05, 0) is 32.1 Å². The summed E-state index contributed by atoms with van der Waals surface area (Å²) in [5.41, 5.74) is 1.94. The van der Waals surface area contributed by atoms with E-state index < -0.39 is 0 Å². The van der Waals surface area contributed by atoms with E-state index in [2.05, 4.69) is 18.7 Å². The Balaban J connectivity index is 2.53. The van der Waals surface area contributed by atoms with Crippen LogP contribution in [-0.2, 0) is 0 Å². The van der Waals surface area contributed by atoms with Gasteiger partial charge in [-0.15, -0.1) is 0 Å². The number of carbonyl (C=O) groups excluding carboxylic acids is 1. The first kappa shape index (κ1) is 14.7. The number of carbonyl (C=O) groups is 1. The maximum Gasteiger partial charge on any atom is 0.253 e. The molecule has 18 heavy (non-hydrogen) atoms. The predicted molar refractivity (Wildman–Crippen MR) is 75.9 cm³/mol. The number of hydrogen-bond donors (Lipinski definition) is 0. The molecule has 1 aromatic carbocycles. The maximum absolute atomic E-state index is 12.2. The van der Waals surface area contributed by atoms with Gasteiger partial charge in [-0.3, -0.25) is 4.79 Å². The van der Waals surface area contributed by atoms with Crippen molar-refractivity contribution >= 4 is 5.91 Å². The minimum absolute atomic E-state index is 0.0992. The Kier molecular flexibility index (Phi) is 5.86. The summed E-state index contributed by atoms with van der Waals surface area (Å²) in [5, 5.41) is 0. The summed E-state index contributed by atoms with van der Waals surface area (Å²) in [6.07, 6.45) is 0. The van der Waals surface area contributed by atoms with E-state index in [4.69, 9.17) is 0 Å². The zero-order chi connectivity index (χ0) is 13.5. The molecule has 0 aliphatic rings. The van der Waals surface area contributed by atoms with Crippen molar-refractivity contribution in [3.63, 3.8) is 0 Å². The van der Waals surface area contributed by atoms with Gasteiger partial charge in [-0.2, -0.15) is 0 Å². The molecule has 0 aliphatic heterocycles. The molecule has 0 atom stereocenters. The quantitative estimate of drug-likeness (QED) is 0.772. The Bertz CT molecular complexity index is 369. The van der Waals surface area contributed by atoms with Crippen LogP contribution in [0.15, 0.2) is 24.3 Å². The van der Waals surface area contributed by atoms with E-state index in [1.165, 1.54) is 5.56 Å². The molecule has 1 amide bonds. The molecule has 0 fully saturated rings. The number of benzene rings is 1. The second kappa shape index (κ2) is 7.17. The van der Waals surface area contributed by atoms with E-state index in [0.29, 0.717) is 0 Å². The van der Waals surface area contributed by atoms with E-state index in [0.717, 1.165) is 31.7 Å². The fraction of sp³-hybridized carbons (Fsp3) is 0.533. The SMILES string of the molecule is CCN(CC)CCN(C)C(=O)c1ccc(C)cc1. The topological polar surface area (TPSA) is 23.6 Å². The van der Waals surface area contributed by atoms with Gasteiger partial charge in [-0.1, -0.05) is 31.5 Å². The molecule has 0 aromatic heterocycles. The molecule has 3 nitrogen and oxygen atoms in total. The third-order valence-electron chi connectivity index (χ3n) is 3.29. The van der Waals surface area contributed by atoms with Crippen LogP contribution in [0.1, 0.15) is 29.8 Å². The van der Waals surface area contributed by atoms with Crippen LogP contribution in [0.5, 0.6) is 0 Å². The summed E-state index contributed by atoms with van der Waals surface area (Å²) in [6, 6.07) is 7.74. The molecule has 0 bridgehead atoms. The highest BCUT2D eigenvalue weighted by molar-refractivity contribution is 5.94. The van der Waals surface area contributed by atoms with Crippen molar-refractivity contribution in [2.24, 2.45) is 0 Å². The third-order valence-corrected chi connectivity index (χ3v) is 3.29. The second-order valence-corrected chi connectivity index (χ2v) is 4.62. The van der Waals surface area contributed by atoms with E-state index in [1.807, 2.05) is 38.2 Å². The normalized spacial score (nSPS) is 10.7. The number of aryl methyl sites for hydroxylation is 1. The highest BCUT2D eigenvalue weighted by atomic mass is 16.2. The Hall–Kier alpha value is -1.35. The molecule has 0 N–H and O–H groups in total. The average molecular weight is 248 g/mol. The van der Waals surface area contributed by atoms with Gasteiger partial charge in [0.1, 0.15) is 0 Å². The van der Waals surface area contributed by atoms with Crippen LogP contribution >= 0.6 is 0 Å². The molecule has 0 saturated heterocycles. The number of likely N-dealkylation sites (N-methyl/N-ethyl adjacent to an activating group) is 2. The van der Waals surface area contributed by atoms with Crippen molar-refractivity contribution in [3.05, 3.63) is 35.4 Å². The molecule has 0 unspecified atom stereocenters. The van der Waals surface area contributed by atoms with E-state index >= 15 is 0 Å². The highest BCUT2D eigenvalue weighted by Crippen LogP contribution is 2.06. The smallest absolute Gasteiger partial charge is 0.253 e. The molecule has 1 rings (SSSR count). The van der Waals surface area contributed by atoms with E-state index in [1.54, 1.807) is 4.90 Å². The maximum atomic E-state index is 12.2. The van der Waals surface area contributed by atoms with Gasteiger partial charge in [0.15, 0.2) is 0 Å². The van der Waals surface area contributed by atoms with Crippen LogP contribution in [0, 0.1) is 6.92 Å². The third kappa shape index (κ3) is 4.15. The van der Waals surface area contributed by atoms with Gasteiger partial charge >= 0.3 is 0 Å². The Morgan fingerprint density at radius 3 is 2.11 bits per heavy atom. The molecule has 0 heterocycles. The van der Waals surface area contributed by atoms with Gasteiger partial charge in [0, 0.05) is 25.7 Å². The van der Waals surface area contributed by atoms with Crippen molar-refractivity contribution in [2.75, 3.05) is 33.2 Å². The molecular weight excluding hydrogens is 224 g/mol. The second-order valence-electron chi connectivity index (χ2n) is 4.62. The molecular formula is C15H24N2O. The van der Waals surface area contributed by atoms with Crippen molar-refractivity contribution in [2.45, 2.75) is 20.8 Å². The molecule has 100 valence electrons. The summed E-state index contributed by atoms with van der Waals surface area (Å²) in [6.45, 7) is 10.1. The highest BCUT2D eigenvalue weighted by Gasteiger charge is 2.11. The van der Waals surface area contributed by atoms with Gasteiger partial charge in [0.05, 0.1) is 0 Å². The van der Waals surface area contributed by atoms with Crippen molar-refractivity contribution in [1.29, 1.82) is 0 Å². The van der Waals surface area contributed by atoms with Crippen molar-refractivity contribution < 1.29 is 4.79 Å². The van der Waals surface area contributed by atoms with Crippen LogP contribution < -0.4 is 0 Å². The number of amides is 1. The first-order chi connectivity index (χ1) is 8.58. The van der Waals surface area contributed by atoms with Gasteiger partial charge in [0.25, 0.3) is 5.91 Å². The Morgan fingerprint density at radius 2 is 1.61 bits per heavy atom. The average Bonchev–Trinajstić information content (AvgIpc) is 2.39. The standard InChI is InChI=1S/C15H24N2O/c1-5-17(6-2)12-11-16(4)15(18)14-9-7-13(3)8-10-14/h7-10H,5-6,11-12H2,1-4H3. The predicted octanol–water partition coefficient (Wildman–Crippen LogP) is 2.41. The van der Waals surface area contributed by atoms with Crippen molar-refractivity contribution in [1.82, 2.24) is 9.80 Å². The molecule has 0 aliphatic carbocycles. The number of rotatable bonds is 6. The van der Waals surface area contributed by atoms with Crippen molar-refractivity contribution in [3.8, 4) is 0 Å². The van der Waals surface area contributed by atoms with Gasteiger partial charge in [-0.25, -0.2) is 0 Å². The van der Waals surface area contributed by atoms with Crippen LogP contribution in [-0.4, -0.2) is 48.9 Å². The van der Waals surface area contributed by atoms with E-state index in [9.17, 15) is 4.79 Å². The van der Waals surface area contributed by atoms with Crippen LogP contribution in [0.2, 0.25) is 0 Å². The zero-order valence-electron chi connectivity index (χ0n) is 11.9. The zero-order valence-corrected chi connectivity index (χ0v) is 11.9. The summed E-state index contributed by atoms with van der Waals surface area (Å²) in [7, 11) is 1.87. The number of nitrogens with zero attached hydrogens (tertiary/aromatic N) is 2. The van der Waals surface area contributed by atoms with E-state index in [-0.39, 0.29) is 5.91 Å². The molecule has 0 radical (unpaired) electrons. The Labute approximate surface area is 110 Å². The summed E-state index contributed by atoms with van der Waals surface area (Å²) >= 11 is 0. The van der Waals surface area contributed by atoms with Crippen LogP contribution in [0.25, 0.3) is 0 Å². The minimum Gasteiger partial charge on any atom is -0.340 e. The first-order valence-corrected chi connectivity index (χ1v) is 6.63. The Morgan fingerprint density at radius 1 is 1.06 bits per heavy atom. The lowest BCUT2D eigenvalue weighted by atomic mass is 10.1. The lowest BCUT2D eigenvalue weighted by molar-refractivity contribution is 0.0780. The fourth-order valence-corrected chi connectivity index (χ4v) is 1.85. The number of hydrogen-bond acceptors (Lipinski definition) is 2. The summed E-state index contributed by atoms with van der Waals surface area (Å²) < 4.78 is 0.